The Hall–Kier alpha value is -5.21. The Morgan fingerprint density at radius 2 is 1.53 bits per heavy atom. The summed E-state index contributed by atoms with van der Waals surface area (Å²) in [5.41, 5.74) is 15.5. The summed E-state index contributed by atoms with van der Waals surface area (Å²) < 4.78 is 10.0. The summed E-state index contributed by atoms with van der Waals surface area (Å²) in [6, 6.07) is 41.8. The number of furan rings is 1. The van der Waals surface area contributed by atoms with Crippen molar-refractivity contribution < 1.29 is 24.5 Å². The van der Waals surface area contributed by atoms with Crippen LogP contribution in [0.3, 0.4) is 0 Å². The minimum atomic E-state index is -1.89. The van der Waals surface area contributed by atoms with Gasteiger partial charge in [-0.15, -0.1) is 6.07 Å². The van der Waals surface area contributed by atoms with Crippen molar-refractivity contribution in [2.45, 2.75) is 110 Å². The van der Waals surface area contributed by atoms with E-state index in [4.69, 9.17) is 19.4 Å². The van der Waals surface area contributed by atoms with Gasteiger partial charge < -0.3 is 14.0 Å². The van der Waals surface area contributed by atoms with Crippen LogP contribution in [-0.2, 0) is 31.9 Å². The summed E-state index contributed by atoms with van der Waals surface area (Å²) in [5.74, 6) is 9.34. The third-order valence-electron chi connectivity index (χ3n) is 12.8. The summed E-state index contributed by atoms with van der Waals surface area (Å²) in [5, 5.41) is 1.99. The number of rotatable bonds is 10. The smallest absolute Gasteiger partial charge is 0.141 e. The molecule has 9 aromatic rings. The van der Waals surface area contributed by atoms with E-state index in [0.29, 0.717) is 11.6 Å². The van der Waals surface area contributed by atoms with Gasteiger partial charge in [-0.3, -0.25) is 9.97 Å². The first-order valence-electron chi connectivity index (χ1n) is 23.3. The monoisotopic (exact) mass is 1110 g/mol. The number of benzene rings is 4. The van der Waals surface area contributed by atoms with E-state index in [1.807, 2.05) is 26.0 Å². The molecule has 6 nitrogen and oxygen atoms in total. The van der Waals surface area contributed by atoms with Crippen LogP contribution >= 0.6 is 0 Å². The van der Waals surface area contributed by atoms with Crippen LogP contribution in [0, 0.1) is 32.0 Å². The van der Waals surface area contributed by atoms with Crippen LogP contribution in [0.1, 0.15) is 95.3 Å². The van der Waals surface area contributed by atoms with Crippen LogP contribution in [0.25, 0.3) is 72.6 Å². The molecule has 0 atom stereocenters. The molecule has 0 aliphatic rings. The number of imidazole rings is 1. The standard InChI is InChI=1S/C38H35N4O.C20H28GeN.Ir/c1-22(2)26-13-15-29-31-18-27(21-39-37(31)43-34(29)19-26)36-41-35-24(4)40-23(3)17-33(35)42(36)32-16-14-28(38(5,6)7)20-30(32)25-11-9-8-10-12-25;1-6-16(7-2)13-18-14-20(17-11-9-8-10-12-17)22-15-19(18)21(3,4)5;/h8-20,22H,1-7H3;8-11,14-16H,6-7,13H2,1-5H3;/q2*-1;. The van der Waals surface area contributed by atoms with Crippen LogP contribution in [0.5, 0.6) is 0 Å². The zero-order valence-electron chi connectivity index (χ0n) is 40.7. The Balaban J connectivity index is 0.000000239. The molecule has 0 aliphatic heterocycles. The number of hydrogen-bond donors (Lipinski definition) is 0. The topological polar surface area (TPSA) is 69.6 Å². The number of hydrogen-bond acceptors (Lipinski definition) is 5. The molecule has 9 rings (SSSR count). The van der Waals surface area contributed by atoms with E-state index in [0.717, 1.165) is 84.2 Å². The summed E-state index contributed by atoms with van der Waals surface area (Å²) in [6.45, 7) is 19.8. The van der Waals surface area contributed by atoms with Crippen molar-refractivity contribution in [2.24, 2.45) is 5.92 Å². The number of aromatic nitrogens is 5. The van der Waals surface area contributed by atoms with E-state index in [9.17, 15) is 0 Å². The van der Waals surface area contributed by atoms with Gasteiger partial charge in [-0.05, 0) is 77.7 Å². The van der Waals surface area contributed by atoms with Crippen molar-refractivity contribution >= 4 is 50.8 Å². The van der Waals surface area contributed by atoms with E-state index in [1.54, 1.807) is 4.40 Å². The molecule has 66 heavy (non-hydrogen) atoms. The number of fused-ring (bicyclic) bond motifs is 4. The average molecular weight is 1110 g/mol. The molecule has 0 fully saturated rings. The second-order valence-electron chi connectivity index (χ2n) is 20.0. The first-order chi connectivity index (χ1) is 31.0. The fourth-order valence-corrected chi connectivity index (χ4v) is 12.2. The molecule has 1 radical (unpaired) electrons. The van der Waals surface area contributed by atoms with Gasteiger partial charge in [-0.1, -0.05) is 88.7 Å². The van der Waals surface area contributed by atoms with E-state index in [-0.39, 0.29) is 25.5 Å². The molecule has 0 bridgehead atoms. The van der Waals surface area contributed by atoms with Crippen molar-refractivity contribution in [1.29, 1.82) is 0 Å². The van der Waals surface area contributed by atoms with Crippen molar-refractivity contribution in [2.75, 3.05) is 0 Å². The quantitative estimate of drug-likeness (QED) is 0.101. The Kier molecular flexibility index (Phi) is 14.7. The second-order valence-corrected chi connectivity index (χ2v) is 30.6. The predicted octanol–water partition coefficient (Wildman–Crippen LogP) is 15.0. The minimum absolute atomic E-state index is 0. The van der Waals surface area contributed by atoms with Crippen LogP contribution < -0.4 is 4.40 Å². The molecule has 8 heteroatoms. The maximum absolute atomic E-state index is 6.19. The molecule has 0 spiro atoms. The van der Waals surface area contributed by atoms with E-state index >= 15 is 0 Å². The minimum Gasteiger partial charge on any atom is -0.483 e. The van der Waals surface area contributed by atoms with Gasteiger partial charge in [0, 0.05) is 42.4 Å². The van der Waals surface area contributed by atoms with E-state index < -0.39 is 13.3 Å². The summed E-state index contributed by atoms with van der Waals surface area (Å²) in [4.78, 5) is 19.4. The number of nitrogens with zero attached hydrogens (tertiary/aromatic N) is 5. The number of aryl methyl sites for hydroxylation is 2. The predicted molar refractivity (Wildman–Crippen MR) is 275 cm³/mol. The molecule has 0 amide bonds. The van der Waals surface area contributed by atoms with Gasteiger partial charge in [0.05, 0.1) is 22.6 Å². The summed E-state index contributed by atoms with van der Waals surface area (Å²) >= 11 is -1.89. The van der Waals surface area contributed by atoms with Gasteiger partial charge in [0.25, 0.3) is 0 Å². The maximum atomic E-state index is 6.19. The van der Waals surface area contributed by atoms with Gasteiger partial charge in [-0.2, -0.15) is 0 Å². The Bertz CT molecular complexity index is 3120. The molecular weight excluding hydrogens is 1050 g/mol. The van der Waals surface area contributed by atoms with Crippen molar-refractivity contribution in [3.05, 3.63) is 156 Å². The van der Waals surface area contributed by atoms with Gasteiger partial charge in [-0.25, -0.2) is 0 Å². The van der Waals surface area contributed by atoms with Crippen LogP contribution in [0.4, 0.5) is 0 Å². The second kappa shape index (κ2) is 19.9. The van der Waals surface area contributed by atoms with E-state index in [1.165, 1.54) is 36.0 Å². The molecule has 0 saturated heterocycles. The third-order valence-corrected chi connectivity index (χ3v) is 17.1. The molecule has 5 heterocycles. The fraction of sp³-hybridized carbons (Fsp3) is 0.310. The van der Waals surface area contributed by atoms with Gasteiger partial charge in [0.2, 0.25) is 0 Å². The maximum Gasteiger partial charge on any atom is 0.141 e. The summed E-state index contributed by atoms with van der Waals surface area (Å²) in [7, 11) is 0. The molecule has 0 N–H and O–H groups in total. The Morgan fingerprint density at radius 1 is 0.788 bits per heavy atom. The largest absolute Gasteiger partial charge is 0.483 e. The van der Waals surface area contributed by atoms with Crippen LogP contribution in [0.2, 0.25) is 17.3 Å². The van der Waals surface area contributed by atoms with Crippen LogP contribution in [0.15, 0.2) is 120 Å². The number of pyridine rings is 3. The van der Waals surface area contributed by atoms with Crippen LogP contribution in [-0.4, -0.2) is 37.8 Å². The SMILES string of the molecule is CCC(CC)Cc1cc(-c2[c-]cccc2)nc[c]1[Ge]([CH3])([CH3])[CH3].Cc1cc2c(nc(-c3[c-]nc4oc5cc(C(C)C)ccc5c4c3)n2-c2ccc(C(C)(C)C)cc2-c2ccccc2)c(C)n1.[Ir]. The molecule has 4 aromatic carbocycles. The molecule has 341 valence electrons. The zero-order valence-corrected chi connectivity index (χ0v) is 45.2. The van der Waals surface area contributed by atoms with Gasteiger partial charge in [0.1, 0.15) is 11.3 Å². The van der Waals surface area contributed by atoms with Crippen molar-refractivity contribution in [1.82, 2.24) is 24.5 Å². The molecule has 0 saturated carbocycles. The molecule has 0 aliphatic carbocycles. The molecule has 0 unspecified atom stereocenters. The zero-order chi connectivity index (χ0) is 46.2. The first-order valence-corrected chi connectivity index (χ1v) is 30.7. The average Bonchev–Trinajstić information content (AvgIpc) is 3.86. The van der Waals surface area contributed by atoms with Gasteiger partial charge in [0.15, 0.2) is 0 Å². The normalized spacial score (nSPS) is 12.0. The fourth-order valence-electron chi connectivity index (χ4n) is 8.88. The third kappa shape index (κ3) is 10.2. The van der Waals surface area contributed by atoms with Crippen molar-refractivity contribution in [3.8, 4) is 39.5 Å². The van der Waals surface area contributed by atoms with E-state index in [2.05, 4.69) is 191 Å². The molecule has 5 aromatic heterocycles. The first kappa shape index (κ1) is 48.7. The van der Waals surface area contributed by atoms with Crippen molar-refractivity contribution in [3.63, 3.8) is 0 Å². The van der Waals surface area contributed by atoms with Gasteiger partial charge >= 0.3 is 138 Å². The molecular formula is C58H63GeIrN5O-2. The summed E-state index contributed by atoms with van der Waals surface area (Å²) in [6.07, 6.45) is 9.13. The Morgan fingerprint density at radius 3 is 2.20 bits per heavy atom. The Labute approximate surface area is 408 Å².